The Bertz CT molecular complexity index is 2820. The average Bonchev–Trinajstić information content (AvgIpc) is 3.60. The van der Waals surface area contributed by atoms with Crippen molar-refractivity contribution >= 4 is 16.3 Å². The first kappa shape index (κ1) is 52.2. The molecule has 0 spiro atoms. The third kappa shape index (κ3) is 12.8. The lowest BCUT2D eigenvalue weighted by atomic mass is 9.77. The fourth-order valence-electron chi connectivity index (χ4n) is 9.29. The molecule has 8 aromatic carbocycles. The molecule has 1 aliphatic rings. The number of aryl methyl sites for hydroxylation is 4. The highest BCUT2D eigenvalue weighted by Gasteiger charge is 2.37. The van der Waals surface area contributed by atoms with E-state index in [1.54, 1.807) is 0 Å². The van der Waals surface area contributed by atoms with E-state index in [9.17, 15) is 0 Å². The van der Waals surface area contributed by atoms with Gasteiger partial charge in [-0.3, -0.25) is 0 Å². The van der Waals surface area contributed by atoms with Gasteiger partial charge < -0.3 is 0 Å². The highest BCUT2D eigenvalue weighted by molar-refractivity contribution is 6.03. The van der Waals surface area contributed by atoms with Crippen molar-refractivity contribution in [3.8, 4) is 22.3 Å². The number of hydrogen-bond donors (Lipinski definition) is 0. The van der Waals surface area contributed by atoms with Gasteiger partial charge in [0.25, 0.3) is 0 Å². The second kappa shape index (κ2) is 25.4. The van der Waals surface area contributed by atoms with Crippen LogP contribution in [0.1, 0.15) is 122 Å². The molecule has 0 bridgehead atoms. The Morgan fingerprint density at radius 3 is 1.60 bits per heavy atom. The molecule has 0 nitrogen and oxygen atoms in total. The number of benzene rings is 8. The van der Waals surface area contributed by atoms with Crippen LogP contribution in [-0.4, -0.2) is 0 Å². The molecular weight excluding hydrogens is 817 g/mol. The molecule has 0 heterocycles. The monoisotopic (exact) mass is 893 g/mol. The van der Waals surface area contributed by atoms with E-state index in [-0.39, 0.29) is 5.41 Å². The topological polar surface area (TPSA) is 0 Å². The second-order valence-corrected chi connectivity index (χ2v) is 18.4. The summed E-state index contributed by atoms with van der Waals surface area (Å²) >= 11 is 0. The van der Waals surface area contributed by atoms with Crippen molar-refractivity contribution in [2.45, 2.75) is 106 Å². The molecule has 8 aromatic rings. The Morgan fingerprint density at radius 2 is 1.07 bits per heavy atom. The zero-order valence-corrected chi connectivity index (χ0v) is 43.0. The second-order valence-electron chi connectivity index (χ2n) is 18.4. The lowest BCUT2D eigenvalue weighted by molar-refractivity contribution is 0.610. The summed E-state index contributed by atoms with van der Waals surface area (Å²) in [5, 5.41) is 2.74. The minimum Gasteiger partial charge on any atom is -0.0990 e. The van der Waals surface area contributed by atoms with Crippen LogP contribution in [-0.2, 0) is 11.8 Å². The first-order chi connectivity index (χ1) is 32.9. The Hall–Kier alpha value is -6.76. The van der Waals surface area contributed by atoms with Crippen LogP contribution in [0.15, 0.2) is 213 Å². The standard InChI is InChI=1S/C39H42.C13H12.2C7H8.C2H6/c1-9-15-28(11-3)32-20-14-19-31(33(32)16-10-2)27(6)26(5)29-21-22-35-36(24-29)39(7,8)37-23-25(4)30-17-12-13-18-34(30)38(35)37;1-11-7-9-13(10-8-11)12-5-3-2-4-6-12;2*1-7-5-3-2-4-6-7;1-2/h9,11-15,17-24,26-27H,1,3,10,16H2,2,4-8H3;2-10H,1H3;2*2-6H,1H3;1-2H3/b28-15+;;;;. The number of fused-ring (bicyclic) bond motifs is 5. The summed E-state index contributed by atoms with van der Waals surface area (Å²) in [6.45, 7) is 32.4. The van der Waals surface area contributed by atoms with E-state index >= 15 is 0 Å². The highest BCUT2D eigenvalue weighted by atomic mass is 14.4. The summed E-state index contributed by atoms with van der Waals surface area (Å²) in [7, 11) is 0. The molecule has 0 aromatic heterocycles. The largest absolute Gasteiger partial charge is 0.0990 e. The van der Waals surface area contributed by atoms with Gasteiger partial charge in [0.1, 0.15) is 0 Å². The first-order valence-corrected chi connectivity index (χ1v) is 24.8. The van der Waals surface area contributed by atoms with Gasteiger partial charge in [-0.05, 0) is 123 Å². The lowest BCUT2D eigenvalue weighted by Crippen LogP contribution is -2.16. The number of allylic oxidation sites excluding steroid dienone is 4. The minimum absolute atomic E-state index is 0.0277. The van der Waals surface area contributed by atoms with Gasteiger partial charge in [-0.15, -0.1) is 0 Å². The quantitative estimate of drug-likeness (QED) is 0.127. The minimum atomic E-state index is -0.0277. The molecule has 2 unspecified atom stereocenters. The molecule has 0 saturated carbocycles. The van der Waals surface area contributed by atoms with Crippen LogP contribution in [0.4, 0.5) is 0 Å². The zero-order valence-electron chi connectivity index (χ0n) is 43.0. The van der Waals surface area contributed by atoms with Gasteiger partial charge in [0.15, 0.2) is 0 Å². The molecule has 0 amide bonds. The van der Waals surface area contributed by atoms with Gasteiger partial charge in [-0.1, -0.05) is 285 Å². The maximum atomic E-state index is 4.09. The van der Waals surface area contributed by atoms with Crippen LogP contribution < -0.4 is 0 Å². The predicted octanol–water partition coefficient (Wildman–Crippen LogP) is 19.7. The molecule has 0 N–H and O–H groups in total. The van der Waals surface area contributed by atoms with Gasteiger partial charge in [0, 0.05) is 5.41 Å². The predicted molar refractivity (Wildman–Crippen MR) is 302 cm³/mol. The highest BCUT2D eigenvalue weighted by Crippen LogP contribution is 2.53. The van der Waals surface area contributed by atoms with Crippen molar-refractivity contribution in [3.05, 3.63) is 269 Å². The molecule has 348 valence electrons. The normalized spacial score (nSPS) is 12.7. The lowest BCUT2D eigenvalue weighted by Gasteiger charge is -2.27. The molecule has 0 saturated heterocycles. The van der Waals surface area contributed by atoms with E-state index in [2.05, 4.69) is 221 Å². The van der Waals surface area contributed by atoms with Crippen LogP contribution >= 0.6 is 0 Å². The summed E-state index contributed by atoms with van der Waals surface area (Å²) in [5.74, 6) is 0.768. The number of hydrogen-bond acceptors (Lipinski definition) is 0. The molecule has 0 heteroatoms. The van der Waals surface area contributed by atoms with Crippen molar-refractivity contribution in [1.29, 1.82) is 0 Å². The van der Waals surface area contributed by atoms with E-state index in [1.807, 2.05) is 68.5 Å². The van der Waals surface area contributed by atoms with Crippen LogP contribution in [0.25, 0.3) is 38.6 Å². The Kier molecular flexibility index (Phi) is 19.5. The van der Waals surface area contributed by atoms with Gasteiger partial charge in [0.05, 0.1) is 0 Å². The molecule has 0 radical (unpaired) electrons. The third-order valence-electron chi connectivity index (χ3n) is 13.3. The van der Waals surface area contributed by atoms with E-state index in [1.165, 1.54) is 88.7 Å². The maximum Gasteiger partial charge on any atom is 0.0159 e. The Labute approximate surface area is 411 Å². The fourth-order valence-corrected chi connectivity index (χ4v) is 9.29. The summed E-state index contributed by atoms with van der Waals surface area (Å²) in [4.78, 5) is 0. The van der Waals surface area contributed by atoms with Crippen LogP contribution in [0.5, 0.6) is 0 Å². The zero-order chi connectivity index (χ0) is 49.2. The van der Waals surface area contributed by atoms with E-state index < -0.39 is 0 Å². The van der Waals surface area contributed by atoms with Crippen LogP contribution in [0.3, 0.4) is 0 Å². The summed E-state index contributed by atoms with van der Waals surface area (Å²) in [6.07, 6.45) is 8.07. The maximum absolute atomic E-state index is 4.09. The smallest absolute Gasteiger partial charge is 0.0159 e. The summed E-state index contributed by atoms with van der Waals surface area (Å²) < 4.78 is 0. The van der Waals surface area contributed by atoms with Crippen LogP contribution in [0.2, 0.25) is 0 Å². The SMILES string of the molecule is C=C/C=C(\C=C)c1cccc(C(C)C(C)c2ccc3c(c2)C(C)(C)c2cc(C)c4ccccc4c2-3)c1CCC.CC.Cc1ccc(-c2ccccc2)cc1.Cc1ccccc1.Cc1ccccc1. The Morgan fingerprint density at radius 1 is 0.544 bits per heavy atom. The van der Waals surface area contributed by atoms with Gasteiger partial charge in [-0.2, -0.15) is 0 Å². The molecule has 0 aliphatic heterocycles. The van der Waals surface area contributed by atoms with Crippen molar-refractivity contribution in [3.63, 3.8) is 0 Å². The van der Waals surface area contributed by atoms with Crippen LogP contribution in [0, 0.1) is 27.7 Å². The summed E-state index contributed by atoms with van der Waals surface area (Å²) in [6, 6.07) is 65.0. The van der Waals surface area contributed by atoms with Crippen molar-refractivity contribution in [2.24, 2.45) is 0 Å². The molecule has 2 atom stereocenters. The molecular formula is C68H76. The molecule has 1 aliphatic carbocycles. The van der Waals surface area contributed by atoms with Gasteiger partial charge >= 0.3 is 0 Å². The average molecular weight is 893 g/mol. The van der Waals surface area contributed by atoms with E-state index in [4.69, 9.17) is 0 Å². The van der Waals surface area contributed by atoms with Crippen molar-refractivity contribution in [2.75, 3.05) is 0 Å². The Balaban J connectivity index is 0.000000238. The first-order valence-electron chi connectivity index (χ1n) is 24.8. The number of rotatable bonds is 9. The molecule has 68 heavy (non-hydrogen) atoms. The van der Waals surface area contributed by atoms with Crippen molar-refractivity contribution < 1.29 is 0 Å². The fraction of sp³-hybridized carbons (Fsp3) is 0.235. The van der Waals surface area contributed by atoms with Crippen molar-refractivity contribution in [1.82, 2.24) is 0 Å². The summed E-state index contributed by atoms with van der Waals surface area (Å²) in [5.41, 5.74) is 20.3. The van der Waals surface area contributed by atoms with E-state index in [0.29, 0.717) is 11.8 Å². The third-order valence-corrected chi connectivity index (χ3v) is 13.3. The van der Waals surface area contributed by atoms with Gasteiger partial charge in [-0.25, -0.2) is 0 Å². The molecule has 0 fully saturated rings. The van der Waals surface area contributed by atoms with Gasteiger partial charge in [0.2, 0.25) is 0 Å². The van der Waals surface area contributed by atoms with E-state index in [0.717, 1.165) is 18.4 Å². The molecule has 9 rings (SSSR count).